The molecule has 0 unspecified atom stereocenters. The van der Waals surface area contributed by atoms with Gasteiger partial charge in [0.1, 0.15) is 6.04 Å². The van der Waals surface area contributed by atoms with Gasteiger partial charge in [0.2, 0.25) is 11.8 Å². The minimum atomic E-state index is -1.36. The topological polar surface area (TPSA) is 129 Å². The highest BCUT2D eigenvalue weighted by molar-refractivity contribution is 7.99. The molecule has 0 bridgehead atoms. The molecular weight excluding hydrogens is 491 g/mol. The lowest BCUT2D eigenvalue weighted by Crippen LogP contribution is -2.54. The van der Waals surface area contributed by atoms with Crippen LogP contribution in [-0.2, 0) is 20.8 Å². The van der Waals surface area contributed by atoms with Crippen molar-refractivity contribution in [3.8, 4) is 0 Å². The van der Waals surface area contributed by atoms with Crippen LogP contribution in [-0.4, -0.2) is 62.4 Å². The van der Waals surface area contributed by atoms with Crippen molar-refractivity contribution in [2.24, 2.45) is 0 Å². The van der Waals surface area contributed by atoms with E-state index in [4.69, 9.17) is 23.2 Å². The van der Waals surface area contributed by atoms with Crippen molar-refractivity contribution in [1.82, 2.24) is 15.2 Å². The summed E-state index contributed by atoms with van der Waals surface area (Å²) in [5.74, 6) is -1.99. The Bertz CT molecular complexity index is 1060. The number of thioether (sulfide) groups is 1. The van der Waals surface area contributed by atoms with Gasteiger partial charge in [0, 0.05) is 43.1 Å². The van der Waals surface area contributed by atoms with Crippen molar-refractivity contribution in [3.63, 3.8) is 0 Å². The molecule has 1 aromatic heterocycles. The number of carbonyl (C=O) groups is 4. The van der Waals surface area contributed by atoms with Crippen LogP contribution >= 0.6 is 35.0 Å². The minimum Gasteiger partial charge on any atom is -0.480 e. The number of benzene rings is 1. The van der Waals surface area contributed by atoms with Crippen molar-refractivity contribution in [3.05, 3.63) is 57.8 Å². The molecule has 2 atom stereocenters. The van der Waals surface area contributed by atoms with Gasteiger partial charge in [0.25, 0.3) is 5.91 Å². The number of imide groups is 1. The molecule has 1 fully saturated rings. The van der Waals surface area contributed by atoms with Gasteiger partial charge in [-0.05, 0) is 17.7 Å². The number of amides is 3. The quantitative estimate of drug-likeness (QED) is 0.518. The average molecular weight is 511 g/mol. The molecule has 0 aliphatic carbocycles. The third kappa shape index (κ3) is 6.02. The largest absolute Gasteiger partial charge is 0.480 e. The number of nitrogens with zero attached hydrogens (tertiary/aromatic N) is 2. The van der Waals surface area contributed by atoms with Crippen molar-refractivity contribution in [2.45, 2.75) is 25.4 Å². The average Bonchev–Trinajstić information content (AvgIpc) is 3.29. The number of anilines is 1. The fourth-order valence-electron chi connectivity index (χ4n) is 3.31. The van der Waals surface area contributed by atoms with Crippen LogP contribution in [0.25, 0.3) is 0 Å². The van der Waals surface area contributed by atoms with Crippen LogP contribution in [0.4, 0.5) is 5.69 Å². The van der Waals surface area contributed by atoms with Crippen LogP contribution < -0.4 is 10.6 Å². The number of rotatable bonds is 7. The molecule has 3 rings (SSSR count). The van der Waals surface area contributed by atoms with E-state index in [2.05, 4.69) is 15.6 Å². The number of nitrogens with one attached hydrogen (secondary N) is 2. The predicted molar refractivity (Wildman–Crippen MR) is 126 cm³/mol. The maximum atomic E-state index is 12.8. The highest BCUT2D eigenvalue weighted by Crippen LogP contribution is 2.24. The Morgan fingerprint density at radius 3 is 2.36 bits per heavy atom. The van der Waals surface area contributed by atoms with Crippen LogP contribution in [0.5, 0.6) is 0 Å². The summed E-state index contributed by atoms with van der Waals surface area (Å²) >= 11 is 13.5. The zero-order valence-electron chi connectivity index (χ0n) is 17.4. The number of aliphatic carboxylic acids is 1. The van der Waals surface area contributed by atoms with Gasteiger partial charge >= 0.3 is 5.97 Å². The summed E-state index contributed by atoms with van der Waals surface area (Å²) in [6.07, 6.45) is 2.52. The molecule has 0 radical (unpaired) electrons. The SMILES string of the molecule is CC(=O)N(C(=O)[C@@H]1CSCN1)[C@@H](Cc1ccc(NC(=O)c2c(Cl)cncc2Cl)cc1)C(=O)O. The molecule has 174 valence electrons. The Hall–Kier alpha value is -2.66. The smallest absolute Gasteiger partial charge is 0.327 e. The molecule has 0 saturated carbocycles. The summed E-state index contributed by atoms with van der Waals surface area (Å²) < 4.78 is 0. The maximum absolute atomic E-state index is 12.8. The molecule has 0 spiro atoms. The summed E-state index contributed by atoms with van der Waals surface area (Å²) in [5.41, 5.74) is 1.07. The Morgan fingerprint density at radius 2 is 1.85 bits per heavy atom. The van der Waals surface area contributed by atoms with Crippen molar-refractivity contribution in [1.29, 1.82) is 0 Å². The second kappa shape index (κ2) is 11.0. The highest BCUT2D eigenvalue weighted by Gasteiger charge is 2.37. The van der Waals surface area contributed by atoms with Gasteiger partial charge in [-0.1, -0.05) is 35.3 Å². The molecule has 2 aromatic rings. The van der Waals surface area contributed by atoms with E-state index >= 15 is 0 Å². The fourth-order valence-corrected chi connectivity index (χ4v) is 4.78. The first-order valence-corrected chi connectivity index (χ1v) is 11.7. The predicted octanol–water partition coefficient (Wildman–Crippen LogP) is 2.67. The van der Waals surface area contributed by atoms with Crippen LogP contribution in [0.2, 0.25) is 10.0 Å². The number of carbonyl (C=O) groups excluding carboxylic acids is 3. The van der Waals surface area contributed by atoms with Gasteiger partial charge < -0.3 is 10.4 Å². The molecule has 33 heavy (non-hydrogen) atoms. The van der Waals surface area contributed by atoms with Gasteiger partial charge in [-0.25, -0.2) is 4.79 Å². The fraction of sp³-hybridized carbons (Fsp3) is 0.286. The second-order valence-corrected chi connectivity index (χ2v) is 9.03. The van der Waals surface area contributed by atoms with E-state index in [-0.39, 0.29) is 22.0 Å². The molecule has 1 saturated heterocycles. The second-order valence-electron chi connectivity index (χ2n) is 7.19. The van der Waals surface area contributed by atoms with E-state index in [0.29, 0.717) is 22.9 Å². The molecule has 1 aliphatic rings. The monoisotopic (exact) mass is 510 g/mol. The lowest BCUT2D eigenvalue weighted by Gasteiger charge is -2.28. The molecular formula is C21H20Cl2N4O5S. The summed E-state index contributed by atoms with van der Waals surface area (Å²) in [4.78, 5) is 54.0. The molecule has 1 aliphatic heterocycles. The number of hydrogen-bond acceptors (Lipinski definition) is 7. The molecule has 3 N–H and O–H groups in total. The summed E-state index contributed by atoms with van der Waals surface area (Å²) in [6, 6.07) is 4.39. The summed E-state index contributed by atoms with van der Waals surface area (Å²) in [6.45, 7) is 1.17. The van der Waals surface area contributed by atoms with Gasteiger partial charge in [0.05, 0.1) is 21.7 Å². The Balaban J connectivity index is 1.74. The highest BCUT2D eigenvalue weighted by atomic mass is 35.5. The number of halogens is 2. The maximum Gasteiger partial charge on any atom is 0.327 e. The van der Waals surface area contributed by atoms with Crippen LogP contribution in [0.3, 0.4) is 0 Å². The van der Waals surface area contributed by atoms with Gasteiger partial charge in [0.15, 0.2) is 0 Å². The van der Waals surface area contributed by atoms with E-state index < -0.39 is 35.8 Å². The standard InChI is InChI=1S/C21H20Cl2N4O5S/c1-11(28)27(20(30)16-9-33-10-25-16)17(21(31)32)6-12-2-4-13(5-3-12)26-19(29)18-14(22)7-24-8-15(18)23/h2-5,7-8,16-17,25H,6,9-10H2,1H3,(H,26,29)(H,31,32)/t16-,17-/m0/s1. The van der Waals surface area contributed by atoms with Crippen LogP contribution in [0.15, 0.2) is 36.7 Å². The van der Waals surface area contributed by atoms with Crippen LogP contribution in [0.1, 0.15) is 22.8 Å². The zero-order chi connectivity index (χ0) is 24.1. The van der Waals surface area contributed by atoms with Gasteiger partial charge in [-0.2, -0.15) is 0 Å². The van der Waals surface area contributed by atoms with E-state index in [1.807, 2.05) is 0 Å². The lowest BCUT2D eigenvalue weighted by molar-refractivity contribution is -0.157. The first-order chi connectivity index (χ1) is 15.7. The van der Waals surface area contributed by atoms with Gasteiger partial charge in [-0.3, -0.25) is 29.6 Å². The molecule has 12 heteroatoms. The summed E-state index contributed by atoms with van der Waals surface area (Å²) in [5, 5.41) is 15.6. The van der Waals surface area contributed by atoms with Gasteiger partial charge in [-0.15, -0.1) is 11.8 Å². The Labute approximate surface area is 203 Å². The third-order valence-electron chi connectivity index (χ3n) is 4.91. The number of pyridine rings is 1. The normalized spacial score (nSPS) is 16.2. The van der Waals surface area contributed by atoms with Crippen molar-refractivity contribution in [2.75, 3.05) is 16.9 Å². The van der Waals surface area contributed by atoms with E-state index in [9.17, 15) is 24.3 Å². The Kier molecular flexibility index (Phi) is 8.30. The van der Waals surface area contributed by atoms with Crippen LogP contribution in [0, 0.1) is 0 Å². The van der Waals surface area contributed by atoms with Crippen molar-refractivity contribution >= 4 is 64.3 Å². The van der Waals surface area contributed by atoms with E-state index in [1.54, 1.807) is 24.3 Å². The minimum absolute atomic E-state index is 0.0812. The van der Waals surface area contributed by atoms with Crippen molar-refractivity contribution < 1.29 is 24.3 Å². The molecule has 1 aromatic carbocycles. The molecule has 3 amide bonds. The van der Waals surface area contributed by atoms with E-state index in [0.717, 1.165) is 4.90 Å². The Morgan fingerprint density at radius 1 is 1.21 bits per heavy atom. The first kappa shape index (κ1) is 25.0. The number of carboxylic acids is 1. The summed E-state index contributed by atoms with van der Waals surface area (Å²) in [7, 11) is 0. The third-order valence-corrected chi connectivity index (χ3v) is 6.42. The number of carboxylic acid groups (broad SMARTS) is 1. The number of aromatic nitrogens is 1. The molecule has 2 heterocycles. The van der Waals surface area contributed by atoms with E-state index in [1.165, 1.54) is 31.1 Å². The number of hydrogen-bond donors (Lipinski definition) is 3. The first-order valence-electron chi connectivity index (χ1n) is 9.76. The lowest BCUT2D eigenvalue weighted by atomic mass is 10.0. The zero-order valence-corrected chi connectivity index (χ0v) is 19.7. The molecule has 9 nitrogen and oxygen atoms in total.